The van der Waals surface area contributed by atoms with E-state index < -0.39 is 0 Å². The number of piperazine rings is 2. The molecule has 2 saturated heterocycles. The summed E-state index contributed by atoms with van der Waals surface area (Å²) < 4.78 is 0. The molecule has 1 atom stereocenters. The molecule has 0 saturated carbocycles. The van der Waals surface area contributed by atoms with Gasteiger partial charge in [0.25, 0.3) is 0 Å². The monoisotopic (exact) mass is 548 g/mol. The molecule has 1 N–H and O–H groups in total. The number of benzene rings is 1. The van der Waals surface area contributed by atoms with Crippen molar-refractivity contribution < 1.29 is 0 Å². The summed E-state index contributed by atoms with van der Waals surface area (Å²) in [5.74, 6) is 1.63. The predicted molar refractivity (Wildman–Crippen MR) is 140 cm³/mol. The van der Waals surface area contributed by atoms with Gasteiger partial charge in [-0.3, -0.25) is 4.99 Å². The number of hydrogen-bond donors (Lipinski definition) is 1. The molecule has 3 rings (SSSR count). The first-order valence-corrected chi connectivity index (χ1v) is 11.4. The normalized spacial score (nSPS) is 20.1. The van der Waals surface area contributed by atoms with Crippen LogP contribution >= 0.6 is 35.6 Å². The Bertz CT molecular complexity index is 657. The van der Waals surface area contributed by atoms with Gasteiger partial charge in [-0.05, 0) is 30.7 Å². The van der Waals surface area contributed by atoms with E-state index in [2.05, 4.69) is 49.8 Å². The summed E-state index contributed by atoms with van der Waals surface area (Å²) >= 11 is 6.15. The van der Waals surface area contributed by atoms with Crippen LogP contribution in [0, 0.1) is 5.92 Å². The molecule has 1 aromatic rings. The Balaban J connectivity index is 0.00000320. The van der Waals surface area contributed by atoms with Crippen molar-refractivity contribution in [3.8, 4) is 0 Å². The van der Waals surface area contributed by atoms with Crippen LogP contribution in [0.15, 0.2) is 29.3 Å². The highest BCUT2D eigenvalue weighted by Crippen LogP contribution is 2.20. The first kappa shape index (κ1) is 25.5. The maximum absolute atomic E-state index is 6.15. The number of guanidine groups is 1. The summed E-state index contributed by atoms with van der Waals surface area (Å²) in [6.07, 6.45) is 0. The van der Waals surface area contributed by atoms with E-state index in [9.17, 15) is 0 Å². The van der Waals surface area contributed by atoms with Gasteiger partial charge < -0.3 is 24.9 Å². The van der Waals surface area contributed by atoms with Gasteiger partial charge in [-0.15, -0.1) is 24.0 Å². The highest BCUT2D eigenvalue weighted by molar-refractivity contribution is 14.0. The van der Waals surface area contributed by atoms with E-state index >= 15 is 0 Å². The van der Waals surface area contributed by atoms with Crippen LogP contribution in [0.4, 0.5) is 5.69 Å². The van der Waals surface area contributed by atoms with E-state index in [1.807, 2.05) is 25.2 Å². The zero-order valence-electron chi connectivity index (χ0n) is 18.7. The van der Waals surface area contributed by atoms with E-state index in [0.717, 1.165) is 50.3 Å². The summed E-state index contributed by atoms with van der Waals surface area (Å²) in [7, 11) is 1.89. The molecule has 170 valence electrons. The average Bonchev–Trinajstić information content (AvgIpc) is 2.75. The standard InChI is InChI=1S/C22H37ClN6.HI/c1-4-26-8-10-27(11-9-26)18-19(2)17-25-22(24-3)29-14-12-28(13-15-29)21-7-5-6-20(23)16-21;/h5-7,16,19H,4,8-15,17-18H2,1-3H3,(H,24,25);1H. The third-order valence-corrected chi connectivity index (χ3v) is 6.29. The van der Waals surface area contributed by atoms with Crippen molar-refractivity contribution >= 4 is 47.2 Å². The third kappa shape index (κ3) is 7.43. The maximum Gasteiger partial charge on any atom is 0.193 e. The molecule has 1 aromatic carbocycles. The van der Waals surface area contributed by atoms with Crippen molar-refractivity contribution in [2.45, 2.75) is 13.8 Å². The van der Waals surface area contributed by atoms with E-state index in [1.165, 1.54) is 38.4 Å². The Kier molecular flexibility index (Phi) is 11.0. The number of halogens is 2. The molecule has 0 amide bonds. The molecule has 0 radical (unpaired) electrons. The molecule has 2 heterocycles. The van der Waals surface area contributed by atoms with Crippen LogP contribution in [0.2, 0.25) is 5.02 Å². The lowest BCUT2D eigenvalue weighted by atomic mass is 10.1. The van der Waals surface area contributed by atoms with Crippen LogP contribution in [-0.4, -0.2) is 99.7 Å². The van der Waals surface area contributed by atoms with Gasteiger partial charge in [0, 0.05) is 83.2 Å². The van der Waals surface area contributed by atoms with Gasteiger partial charge in [0.1, 0.15) is 0 Å². The molecule has 2 aliphatic heterocycles. The molecule has 0 spiro atoms. The smallest absolute Gasteiger partial charge is 0.193 e. The van der Waals surface area contributed by atoms with Crippen LogP contribution in [0.3, 0.4) is 0 Å². The Morgan fingerprint density at radius 2 is 1.73 bits per heavy atom. The molecular formula is C22H38ClIN6. The van der Waals surface area contributed by atoms with Crippen molar-refractivity contribution in [2.24, 2.45) is 10.9 Å². The Labute approximate surface area is 204 Å². The van der Waals surface area contributed by atoms with Gasteiger partial charge in [0.05, 0.1) is 0 Å². The summed E-state index contributed by atoms with van der Waals surface area (Å²) in [4.78, 5) is 14.4. The number of nitrogens with one attached hydrogen (secondary N) is 1. The summed E-state index contributed by atoms with van der Waals surface area (Å²) in [6.45, 7) is 16.6. The van der Waals surface area contributed by atoms with E-state index in [0.29, 0.717) is 5.92 Å². The lowest BCUT2D eigenvalue weighted by molar-refractivity contribution is 0.124. The number of hydrogen-bond acceptors (Lipinski definition) is 4. The van der Waals surface area contributed by atoms with Gasteiger partial charge in [0.2, 0.25) is 0 Å². The van der Waals surface area contributed by atoms with Crippen LogP contribution < -0.4 is 10.2 Å². The number of nitrogens with zero attached hydrogens (tertiary/aromatic N) is 5. The Morgan fingerprint density at radius 1 is 1.07 bits per heavy atom. The zero-order valence-corrected chi connectivity index (χ0v) is 21.8. The van der Waals surface area contributed by atoms with Gasteiger partial charge >= 0.3 is 0 Å². The lowest BCUT2D eigenvalue weighted by Gasteiger charge is -2.38. The molecule has 1 unspecified atom stereocenters. The van der Waals surface area contributed by atoms with Crippen molar-refractivity contribution in [1.82, 2.24) is 20.0 Å². The van der Waals surface area contributed by atoms with Crippen molar-refractivity contribution in [3.63, 3.8) is 0 Å². The summed E-state index contributed by atoms with van der Waals surface area (Å²) in [5.41, 5.74) is 1.21. The second-order valence-electron chi connectivity index (χ2n) is 8.22. The highest BCUT2D eigenvalue weighted by Gasteiger charge is 2.21. The minimum absolute atomic E-state index is 0. The van der Waals surface area contributed by atoms with Crippen molar-refractivity contribution in [2.75, 3.05) is 83.9 Å². The quantitative estimate of drug-likeness (QED) is 0.336. The highest BCUT2D eigenvalue weighted by atomic mass is 127. The largest absolute Gasteiger partial charge is 0.368 e. The molecule has 6 nitrogen and oxygen atoms in total. The first-order valence-electron chi connectivity index (χ1n) is 11.0. The minimum atomic E-state index is 0. The predicted octanol–water partition coefficient (Wildman–Crippen LogP) is 2.93. The molecule has 0 aliphatic carbocycles. The Hall–Kier alpha value is -0.770. The average molecular weight is 549 g/mol. The molecule has 30 heavy (non-hydrogen) atoms. The van der Waals surface area contributed by atoms with Crippen molar-refractivity contribution in [3.05, 3.63) is 29.3 Å². The molecule has 0 bridgehead atoms. The Morgan fingerprint density at radius 3 is 2.33 bits per heavy atom. The second kappa shape index (κ2) is 12.9. The van der Waals surface area contributed by atoms with E-state index in [1.54, 1.807) is 0 Å². The number of aliphatic imine (C=N–C) groups is 1. The van der Waals surface area contributed by atoms with Crippen LogP contribution in [0.5, 0.6) is 0 Å². The van der Waals surface area contributed by atoms with E-state index in [-0.39, 0.29) is 24.0 Å². The minimum Gasteiger partial charge on any atom is -0.368 e. The fraction of sp³-hybridized carbons (Fsp3) is 0.682. The molecule has 2 aliphatic rings. The van der Waals surface area contributed by atoms with Crippen LogP contribution in [0.25, 0.3) is 0 Å². The van der Waals surface area contributed by atoms with E-state index in [4.69, 9.17) is 11.6 Å². The van der Waals surface area contributed by atoms with Gasteiger partial charge in [-0.1, -0.05) is 31.5 Å². The second-order valence-corrected chi connectivity index (χ2v) is 8.66. The van der Waals surface area contributed by atoms with Crippen LogP contribution in [0.1, 0.15) is 13.8 Å². The fourth-order valence-electron chi connectivity index (χ4n) is 4.24. The van der Waals surface area contributed by atoms with Gasteiger partial charge in [0.15, 0.2) is 5.96 Å². The summed E-state index contributed by atoms with van der Waals surface area (Å²) in [6, 6.07) is 8.13. The SMILES string of the molecule is CCN1CCN(CC(C)CNC(=NC)N2CCN(c3cccc(Cl)c3)CC2)CC1.I. The zero-order chi connectivity index (χ0) is 20.6. The van der Waals surface area contributed by atoms with Crippen LogP contribution in [-0.2, 0) is 0 Å². The van der Waals surface area contributed by atoms with Crippen molar-refractivity contribution in [1.29, 1.82) is 0 Å². The van der Waals surface area contributed by atoms with Gasteiger partial charge in [-0.2, -0.15) is 0 Å². The molecule has 0 aromatic heterocycles. The molecule has 2 fully saturated rings. The fourth-order valence-corrected chi connectivity index (χ4v) is 4.43. The molecular weight excluding hydrogens is 511 g/mol. The topological polar surface area (TPSA) is 37.4 Å². The first-order chi connectivity index (χ1) is 14.1. The molecule has 8 heteroatoms. The number of anilines is 1. The van der Waals surface area contributed by atoms with Gasteiger partial charge in [-0.25, -0.2) is 0 Å². The third-order valence-electron chi connectivity index (χ3n) is 6.05. The lowest BCUT2D eigenvalue weighted by Crippen LogP contribution is -2.53. The summed E-state index contributed by atoms with van der Waals surface area (Å²) in [5, 5.41) is 4.41. The number of likely N-dealkylation sites (N-methyl/N-ethyl adjacent to an activating group) is 1. The maximum atomic E-state index is 6.15. The number of rotatable bonds is 6.